The molecule has 0 spiro atoms. The Labute approximate surface area is 113 Å². The highest BCUT2D eigenvalue weighted by atomic mass is 32.2. The van der Waals surface area contributed by atoms with Gasteiger partial charge in [0, 0.05) is 6.54 Å². The number of aryl methyl sites for hydroxylation is 1. The number of anilines is 1. The molecular weight excluding hydrogens is 264 g/mol. The maximum absolute atomic E-state index is 5.33. The van der Waals surface area contributed by atoms with Gasteiger partial charge in [-0.05, 0) is 25.6 Å². The van der Waals surface area contributed by atoms with Crippen LogP contribution >= 0.6 is 11.8 Å². The summed E-state index contributed by atoms with van der Waals surface area (Å²) in [6, 6.07) is 0. The number of nitrogens with one attached hydrogen (secondary N) is 2. The zero-order valence-corrected chi connectivity index (χ0v) is 11.3. The van der Waals surface area contributed by atoms with Crippen LogP contribution in [0.3, 0.4) is 0 Å². The van der Waals surface area contributed by atoms with Crippen LogP contribution < -0.4 is 5.32 Å². The smallest absolute Gasteiger partial charge is 0.262 e. The number of nitrogens with zero attached hydrogens (tertiary/aromatic N) is 4. The summed E-state index contributed by atoms with van der Waals surface area (Å²) in [7, 11) is 0. The fourth-order valence-electron chi connectivity index (χ4n) is 1.59. The van der Waals surface area contributed by atoms with Crippen LogP contribution in [-0.4, -0.2) is 31.7 Å². The molecule has 3 rings (SSSR count). The van der Waals surface area contributed by atoms with Gasteiger partial charge in [-0.1, -0.05) is 0 Å². The number of hydrogen-bond acceptors (Lipinski definition) is 7. The van der Waals surface area contributed by atoms with Crippen LogP contribution in [0.2, 0.25) is 0 Å². The van der Waals surface area contributed by atoms with Crippen molar-refractivity contribution in [3.05, 3.63) is 18.2 Å². The predicted molar refractivity (Wildman–Crippen MR) is 71.2 cm³/mol. The third-order valence-corrected chi connectivity index (χ3v) is 3.26. The molecule has 0 aliphatic rings. The first-order valence-corrected chi connectivity index (χ1v) is 6.63. The maximum atomic E-state index is 5.33. The van der Waals surface area contributed by atoms with Crippen molar-refractivity contribution in [2.24, 2.45) is 0 Å². The second kappa shape index (κ2) is 4.88. The van der Waals surface area contributed by atoms with Crippen molar-refractivity contribution in [3.8, 4) is 0 Å². The Morgan fingerprint density at radius 2 is 2.26 bits per heavy atom. The Bertz CT molecular complexity index is 706. The van der Waals surface area contributed by atoms with Crippen molar-refractivity contribution in [2.75, 3.05) is 11.9 Å². The lowest BCUT2D eigenvalue weighted by Crippen LogP contribution is -2.02. The fraction of sp³-hybridized carbons (Fsp3) is 0.273. The minimum atomic E-state index is 0.557. The number of aromatic amines is 1. The highest BCUT2D eigenvalue weighted by Gasteiger charge is 2.13. The normalized spacial score (nSPS) is 11.1. The van der Waals surface area contributed by atoms with Crippen molar-refractivity contribution >= 4 is 28.7 Å². The highest BCUT2D eigenvalue weighted by Crippen LogP contribution is 2.30. The number of rotatable bonds is 4. The monoisotopic (exact) mass is 276 g/mol. The van der Waals surface area contributed by atoms with Gasteiger partial charge in [-0.15, -0.1) is 0 Å². The second-order valence-electron chi connectivity index (χ2n) is 3.87. The summed E-state index contributed by atoms with van der Waals surface area (Å²) in [6.07, 6.45) is 3.31. The molecule has 0 aromatic carbocycles. The first-order valence-electron chi connectivity index (χ1n) is 5.81. The molecule has 0 saturated heterocycles. The number of oxazole rings is 1. The molecule has 3 heterocycles. The molecule has 7 nitrogen and oxygen atoms in total. The number of aromatic nitrogens is 5. The van der Waals surface area contributed by atoms with E-state index in [4.69, 9.17) is 4.42 Å². The molecule has 0 unspecified atom stereocenters. The lowest BCUT2D eigenvalue weighted by atomic mass is 10.4. The molecule has 98 valence electrons. The van der Waals surface area contributed by atoms with Crippen LogP contribution in [0.25, 0.3) is 11.0 Å². The van der Waals surface area contributed by atoms with Crippen LogP contribution in [0.15, 0.2) is 27.1 Å². The summed E-state index contributed by atoms with van der Waals surface area (Å²) in [5, 5.41) is 12.1. The Kier molecular flexibility index (Phi) is 3.08. The number of fused-ring (bicyclic) bond motifs is 1. The van der Waals surface area contributed by atoms with E-state index < -0.39 is 0 Å². The molecule has 19 heavy (non-hydrogen) atoms. The minimum Gasteiger partial charge on any atom is -0.439 e. The van der Waals surface area contributed by atoms with Gasteiger partial charge in [0.05, 0.1) is 17.3 Å². The second-order valence-corrected chi connectivity index (χ2v) is 4.81. The maximum Gasteiger partial charge on any atom is 0.262 e. The van der Waals surface area contributed by atoms with Crippen molar-refractivity contribution in [1.82, 2.24) is 25.1 Å². The van der Waals surface area contributed by atoms with Crippen molar-refractivity contribution in [3.63, 3.8) is 0 Å². The van der Waals surface area contributed by atoms with E-state index in [1.807, 2.05) is 13.8 Å². The molecule has 0 saturated carbocycles. The van der Waals surface area contributed by atoms with Crippen LogP contribution in [-0.2, 0) is 0 Å². The van der Waals surface area contributed by atoms with Crippen molar-refractivity contribution in [2.45, 2.75) is 24.1 Å². The Balaban J connectivity index is 2.02. The Morgan fingerprint density at radius 1 is 1.37 bits per heavy atom. The van der Waals surface area contributed by atoms with Crippen LogP contribution in [0.5, 0.6) is 0 Å². The van der Waals surface area contributed by atoms with Gasteiger partial charge in [-0.3, -0.25) is 5.10 Å². The average molecular weight is 276 g/mol. The van der Waals surface area contributed by atoms with Gasteiger partial charge >= 0.3 is 0 Å². The SMILES string of the molecule is CCNc1nc(Sc2nc(C)co2)c2cn[nH]c2n1. The van der Waals surface area contributed by atoms with Gasteiger partial charge < -0.3 is 9.73 Å². The van der Waals surface area contributed by atoms with Crippen LogP contribution in [0.4, 0.5) is 5.95 Å². The van der Waals surface area contributed by atoms with Gasteiger partial charge in [0.15, 0.2) is 5.65 Å². The molecule has 0 amide bonds. The Morgan fingerprint density at radius 3 is 3.00 bits per heavy atom. The lowest BCUT2D eigenvalue weighted by Gasteiger charge is -2.04. The molecule has 8 heteroatoms. The molecule has 3 aromatic rings. The molecule has 0 atom stereocenters. The number of hydrogen-bond donors (Lipinski definition) is 2. The largest absolute Gasteiger partial charge is 0.439 e. The van der Waals surface area contributed by atoms with E-state index in [0.29, 0.717) is 16.8 Å². The first kappa shape index (κ1) is 12.0. The molecule has 0 radical (unpaired) electrons. The molecule has 0 aliphatic carbocycles. The fourth-order valence-corrected chi connectivity index (χ4v) is 2.43. The van der Waals surface area contributed by atoms with Crippen molar-refractivity contribution < 1.29 is 4.42 Å². The van der Waals surface area contributed by atoms with Crippen molar-refractivity contribution in [1.29, 1.82) is 0 Å². The minimum absolute atomic E-state index is 0.557. The van der Waals surface area contributed by atoms with Gasteiger partial charge in [-0.2, -0.15) is 10.1 Å². The summed E-state index contributed by atoms with van der Waals surface area (Å²) in [5.41, 5.74) is 1.53. The topological polar surface area (TPSA) is 92.5 Å². The van der Waals surface area contributed by atoms with Crippen LogP contribution in [0.1, 0.15) is 12.6 Å². The van der Waals surface area contributed by atoms with E-state index in [1.54, 1.807) is 12.5 Å². The summed E-state index contributed by atoms with van der Waals surface area (Å²) < 4.78 is 5.33. The molecular formula is C11H12N6OS. The van der Waals surface area contributed by atoms with E-state index in [-0.39, 0.29) is 0 Å². The third-order valence-electron chi connectivity index (χ3n) is 2.39. The third kappa shape index (κ3) is 2.39. The summed E-state index contributed by atoms with van der Waals surface area (Å²) in [4.78, 5) is 13.0. The lowest BCUT2D eigenvalue weighted by molar-refractivity contribution is 0.454. The van der Waals surface area contributed by atoms with Gasteiger partial charge in [-0.25, -0.2) is 9.97 Å². The quantitative estimate of drug-likeness (QED) is 0.706. The zero-order chi connectivity index (χ0) is 13.2. The standard InChI is InChI=1S/C11H12N6OS/c1-3-12-10-15-8-7(4-13-17-8)9(16-10)19-11-14-6(2)5-18-11/h4-5H,3H2,1-2H3,(H2,12,13,15,16,17). The number of H-pyrrole nitrogens is 1. The molecule has 0 fully saturated rings. The average Bonchev–Trinajstić information content (AvgIpc) is 2.99. The summed E-state index contributed by atoms with van der Waals surface area (Å²) in [6.45, 7) is 4.62. The summed E-state index contributed by atoms with van der Waals surface area (Å²) >= 11 is 1.35. The molecule has 0 aliphatic heterocycles. The zero-order valence-electron chi connectivity index (χ0n) is 10.5. The summed E-state index contributed by atoms with van der Waals surface area (Å²) in [5.74, 6) is 0.560. The molecule has 0 bridgehead atoms. The highest BCUT2D eigenvalue weighted by molar-refractivity contribution is 7.99. The molecule has 2 N–H and O–H groups in total. The van der Waals surface area contributed by atoms with E-state index in [2.05, 4.69) is 30.5 Å². The van der Waals surface area contributed by atoms with E-state index in [1.165, 1.54) is 11.8 Å². The van der Waals surface area contributed by atoms with Crippen LogP contribution in [0, 0.1) is 6.92 Å². The van der Waals surface area contributed by atoms with Gasteiger partial charge in [0.1, 0.15) is 11.3 Å². The van der Waals surface area contributed by atoms with E-state index >= 15 is 0 Å². The van der Waals surface area contributed by atoms with Gasteiger partial charge in [0.2, 0.25) is 5.95 Å². The van der Waals surface area contributed by atoms with Gasteiger partial charge in [0.25, 0.3) is 5.22 Å². The molecule has 3 aromatic heterocycles. The Hall–Kier alpha value is -2.09. The first-order chi connectivity index (χ1) is 9.26. The van der Waals surface area contributed by atoms with E-state index in [0.717, 1.165) is 22.7 Å². The predicted octanol–water partition coefficient (Wildman–Crippen LogP) is 2.23. The van der Waals surface area contributed by atoms with E-state index in [9.17, 15) is 0 Å².